The molecule has 0 fully saturated rings. The maximum atomic E-state index is 12.5. The summed E-state index contributed by atoms with van der Waals surface area (Å²) in [6.07, 6.45) is 2.50. The summed E-state index contributed by atoms with van der Waals surface area (Å²) >= 11 is 0. The van der Waals surface area contributed by atoms with E-state index < -0.39 is 29.2 Å². The van der Waals surface area contributed by atoms with E-state index in [2.05, 4.69) is 27.7 Å². The third-order valence-electron chi connectivity index (χ3n) is 7.46. The lowest BCUT2D eigenvalue weighted by Gasteiger charge is -2.28. The van der Waals surface area contributed by atoms with Crippen molar-refractivity contribution in [3.8, 4) is 23.0 Å². The average molecular weight is 704 g/mol. The normalized spacial score (nSPS) is 14.6. The number of nitrogens with zero attached hydrogens (tertiary/aromatic N) is 2. The molecule has 2 amide bonds. The van der Waals surface area contributed by atoms with Crippen LogP contribution in [0.4, 0.5) is 10.5 Å². The van der Waals surface area contributed by atoms with Crippen molar-refractivity contribution in [2.45, 2.75) is 46.1 Å². The third kappa shape index (κ3) is 9.98. The second kappa shape index (κ2) is 18.1. The second-order valence-corrected chi connectivity index (χ2v) is 11.1. The van der Waals surface area contributed by atoms with Gasteiger partial charge in [0.25, 0.3) is 5.69 Å². The van der Waals surface area contributed by atoms with Crippen molar-refractivity contribution in [1.29, 1.82) is 0 Å². The predicted molar refractivity (Wildman–Crippen MR) is 188 cm³/mol. The Morgan fingerprint density at radius 2 is 1.78 bits per heavy atom. The van der Waals surface area contributed by atoms with Gasteiger partial charge in [-0.1, -0.05) is 12.1 Å². The number of hydrogen-bond acceptors (Lipinski definition) is 12. The lowest BCUT2D eigenvalue weighted by Crippen LogP contribution is -2.45. The lowest BCUT2D eigenvalue weighted by molar-refractivity contribution is -0.384. The topological polar surface area (TPSA) is 192 Å². The predicted octanol–water partition coefficient (Wildman–Crippen LogP) is 4.82. The minimum atomic E-state index is -1.21. The highest BCUT2D eigenvalue weighted by atomic mass is 16.6. The number of nitro groups is 1. The van der Waals surface area contributed by atoms with Crippen molar-refractivity contribution in [2.75, 3.05) is 26.9 Å². The highest BCUT2D eigenvalue weighted by molar-refractivity contribution is 5.95. The van der Waals surface area contributed by atoms with Crippen LogP contribution in [0.1, 0.15) is 49.1 Å². The number of non-ortho nitro benzene ring substituents is 1. The highest BCUT2D eigenvalue weighted by Gasteiger charge is 2.32. The first-order valence-electron chi connectivity index (χ1n) is 16.1. The number of urea groups is 1. The van der Waals surface area contributed by atoms with Crippen LogP contribution < -0.4 is 35.0 Å². The Labute approximate surface area is 295 Å². The molecule has 0 aromatic heterocycles. The fourth-order valence-electron chi connectivity index (χ4n) is 5.18. The quantitative estimate of drug-likeness (QED) is 0.0355. The van der Waals surface area contributed by atoms with Crippen LogP contribution in [0, 0.1) is 10.1 Å². The smallest absolute Gasteiger partial charge is 0.337 e. The second-order valence-electron chi connectivity index (χ2n) is 11.1. The van der Waals surface area contributed by atoms with Crippen molar-refractivity contribution in [3.63, 3.8) is 0 Å². The van der Waals surface area contributed by atoms with Crippen LogP contribution in [0.25, 0.3) is 0 Å². The molecule has 0 aliphatic carbocycles. The molecule has 270 valence electrons. The summed E-state index contributed by atoms with van der Waals surface area (Å²) in [6, 6.07) is 13.4. The number of rotatable bonds is 18. The molecule has 2 atom stereocenters. The van der Waals surface area contributed by atoms with E-state index in [0.29, 0.717) is 59.5 Å². The number of hydrazone groups is 1. The van der Waals surface area contributed by atoms with Gasteiger partial charge in [0.15, 0.2) is 29.2 Å². The van der Waals surface area contributed by atoms with Crippen LogP contribution in [0.15, 0.2) is 83.6 Å². The SMILES string of the molecule is C=CCc1cc(/C=N\N[C@H](O)COc2ccc([C@H]3NC(=O)NC(C)=C3C(=O)OC)cc2OCC)cc(OCC)c1OCc1ccc([N+](=O)[O-])cc1. The fraction of sp³-hybridized carbons (Fsp3) is 0.306. The van der Waals surface area contributed by atoms with E-state index in [0.717, 1.165) is 11.1 Å². The first-order valence-corrected chi connectivity index (χ1v) is 16.1. The molecular weight excluding hydrogens is 662 g/mol. The number of benzene rings is 3. The summed E-state index contributed by atoms with van der Waals surface area (Å²) in [5.41, 5.74) is 6.01. The number of ether oxygens (including phenoxy) is 5. The van der Waals surface area contributed by atoms with Gasteiger partial charge < -0.3 is 39.4 Å². The number of hydrogen-bond donors (Lipinski definition) is 4. The van der Waals surface area contributed by atoms with Crippen molar-refractivity contribution in [1.82, 2.24) is 16.1 Å². The Hall–Kier alpha value is -6.09. The van der Waals surface area contributed by atoms with Crippen LogP contribution in [0.3, 0.4) is 0 Å². The number of aliphatic hydroxyl groups excluding tert-OH is 1. The summed E-state index contributed by atoms with van der Waals surface area (Å²) < 4.78 is 28.5. The summed E-state index contributed by atoms with van der Waals surface area (Å²) in [7, 11) is 1.26. The number of carbonyl (C=O) groups excluding carboxylic acids is 2. The molecule has 0 spiro atoms. The first kappa shape index (κ1) is 37.7. The van der Waals surface area contributed by atoms with Crippen molar-refractivity contribution in [2.24, 2.45) is 5.10 Å². The van der Waals surface area contributed by atoms with E-state index in [1.807, 2.05) is 13.0 Å². The number of aliphatic hydroxyl groups is 1. The van der Waals surface area contributed by atoms with Crippen LogP contribution in [-0.4, -0.2) is 61.4 Å². The van der Waals surface area contributed by atoms with Gasteiger partial charge in [-0.05, 0) is 80.3 Å². The molecule has 3 aromatic carbocycles. The lowest BCUT2D eigenvalue weighted by atomic mass is 9.95. The number of esters is 1. The molecule has 3 aromatic rings. The zero-order valence-corrected chi connectivity index (χ0v) is 28.8. The van der Waals surface area contributed by atoms with Gasteiger partial charge in [0.05, 0.1) is 43.1 Å². The molecule has 0 saturated carbocycles. The molecule has 51 heavy (non-hydrogen) atoms. The number of nitro benzene ring substituents is 1. The largest absolute Gasteiger partial charge is 0.490 e. The molecule has 1 heterocycles. The van der Waals surface area contributed by atoms with Gasteiger partial charge >= 0.3 is 12.0 Å². The number of carbonyl (C=O) groups is 2. The Morgan fingerprint density at radius 1 is 1.06 bits per heavy atom. The van der Waals surface area contributed by atoms with E-state index in [-0.39, 0.29) is 24.5 Å². The first-order chi connectivity index (χ1) is 24.6. The maximum absolute atomic E-state index is 12.5. The van der Waals surface area contributed by atoms with Crippen molar-refractivity contribution >= 4 is 23.9 Å². The minimum absolute atomic E-state index is 0.00554. The molecular formula is C36H41N5O10. The van der Waals surface area contributed by atoms with E-state index >= 15 is 0 Å². The summed E-state index contributed by atoms with van der Waals surface area (Å²) in [5.74, 6) is 1.07. The Morgan fingerprint density at radius 3 is 2.45 bits per heavy atom. The van der Waals surface area contributed by atoms with Gasteiger partial charge in [0.1, 0.15) is 13.2 Å². The van der Waals surface area contributed by atoms with Gasteiger partial charge in [-0.15, -0.1) is 6.58 Å². The van der Waals surface area contributed by atoms with Crippen molar-refractivity contribution < 1.29 is 43.3 Å². The van der Waals surface area contributed by atoms with E-state index in [1.165, 1.54) is 25.5 Å². The van der Waals surface area contributed by atoms with E-state index in [4.69, 9.17) is 23.7 Å². The summed E-state index contributed by atoms with van der Waals surface area (Å²) in [6.45, 7) is 9.74. The zero-order valence-electron chi connectivity index (χ0n) is 28.8. The number of allylic oxidation sites excluding steroid dienone is 2. The van der Waals surface area contributed by atoms with Gasteiger partial charge in [-0.25, -0.2) is 9.59 Å². The zero-order chi connectivity index (χ0) is 36.9. The van der Waals surface area contributed by atoms with Gasteiger partial charge in [0, 0.05) is 23.4 Å². The van der Waals surface area contributed by atoms with Gasteiger partial charge in [-0.2, -0.15) is 5.10 Å². The molecule has 4 N–H and O–H groups in total. The van der Waals surface area contributed by atoms with Crippen molar-refractivity contribution in [3.05, 3.63) is 111 Å². The summed E-state index contributed by atoms with van der Waals surface area (Å²) in [5, 5.41) is 31.1. The van der Waals surface area contributed by atoms with Gasteiger partial charge in [-0.3, -0.25) is 15.5 Å². The Kier molecular flexibility index (Phi) is 13.4. The number of amides is 2. The van der Waals surface area contributed by atoms with Crippen LogP contribution >= 0.6 is 0 Å². The molecule has 0 radical (unpaired) electrons. The van der Waals surface area contributed by atoms with Gasteiger partial charge in [0.2, 0.25) is 0 Å². The molecule has 15 heteroatoms. The molecule has 1 aliphatic heterocycles. The monoisotopic (exact) mass is 703 g/mol. The minimum Gasteiger partial charge on any atom is -0.490 e. The average Bonchev–Trinajstić information content (AvgIpc) is 3.10. The van der Waals surface area contributed by atoms with E-state index in [1.54, 1.807) is 56.3 Å². The molecule has 0 bridgehead atoms. The number of nitrogens with one attached hydrogen (secondary N) is 3. The maximum Gasteiger partial charge on any atom is 0.337 e. The fourth-order valence-corrected chi connectivity index (χ4v) is 5.18. The molecule has 0 unspecified atom stereocenters. The molecule has 0 saturated heterocycles. The van der Waals surface area contributed by atoms with Crippen LogP contribution in [0.2, 0.25) is 0 Å². The van der Waals surface area contributed by atoms with E-state index in [9.17, 15) is 24.8 Å². The Balaban J connectivity index is 1.44. The molecule has 4 rings (SSSR count). The standard InChI is InChI=1S/C36H41N5O10/c1-6-9-26-16-24(17-30(49-8-3)34(26)51-20-23-10-13-27(14-11-23)41(45)46)19-37-40-31(42)21-50-28-15-12-25(18-29(28)48-7-2)33-32(35(43)47-5)22(4)38-36(44)39-33/h6,10-19,31,33,40,42H,1,7-9,20-21H2,2-5H3,(H2,38,39,44)/b37-19-/t31-,33-/m1/s1. The molecule has 15 nitrogen and oxygen atoms in total. The van der Waals surface area contributed by atoms with Crippen LogP contribution in [-0.2, 0) is 22.6 Å². The molecule has 1 aliphatic rings. The summed E-state index contributed by atoms with van der Waals surface area (Å²) in [4.78, 5) is 35.2. The highest BCUT2D eigenvalue weighted by Crippen LogP contribution is 2.36. The third-order valence-corrected chi connectivity index (χ3v) is 7.46. The Bertz CT molecular complexity index is 1790. The van der Waals surface area contributed by atoms with Crippen LogP contribution in [0.5, 0.6) is 23.0 Å². The number of methoxy groups -OCH3 is 1.